The highest BCUT2D eigenvalue weighted by atomic mass is 35.5. The van der Waals surface area contributed by atoms with Crippen LogP contribution in [-0.2, 0) is 19.5 Å². The normalized spacial score (nSPS) is 16.5. The molecular weight excluding hydrogens is 490 g/mol. The van der Waals surface area contributed by atoms with Gasteiger partial charge in [-0.2, -0.15) is 0 Å². The molecule has 1 fully saturated rings. The lowest BCUT2D eigenvalue weighted by atomic mass is 9.98. The van der Waals surface area contributed by atoms with Crippen molar-refractivity contribution in [2.75, 3.05) is 32.0 Å². The first-order chi connectivity index (χ1) is 18.0. The maximum atomic E-state index is 13.1. The van der Waals surface area contributed by atoms with Gasteiger partial charge in [0.25, 0.3) is 5.91 Å². The molecule has 0 atom stereocenters. The van der Waals surface area contributed by atoms with Crippen LogP contribution in [0.1, 0.15) is 54.9 Å². The molecule has 3 aromatic rings. The number of anilines is 1. The number of carbonyl (C=O) groups excluding carboxylic acids is 1. The number of nitrogen functional groups attached to an aromatic ring is 1. The molecule has 3 N–H and O–H groups in total. The van der Waals surface area contributed by atoms with E-state index in [4.69, 9.17) is 22.1 Å². The van der Waals surface area contributed by atoms with Gasteiger partial charge in [-0.05, 0) is 70.2 Å². The number of benzene rings is 2. The number of hydrogen-bond donors (Lipinski definition) is 2. The molecule has 0 radical (unpaired) electrons. The molecule has 9 heteroatoms. The smallest absolute Gasteiger partial charge is 0.329 e. The number of amides is 1. The number of ether oxygens (including phenoxy) is 1. The van der Waals surface area contributed by atoms with Gasteiger partial charge in [0.15, 0.2) is 0 Å². The highest BCUT2D eigenvalue weighted by Crippen LogP contribution is 2.38. The Labute approximate surface area is 222 Å². The summed E-state index contributed by atoms with van der Waals surface area (Å²) < 4.78 is 9.56. The Morgan fingerprint density at radius 1 is 1.14 bits per heavy atom. The van der Waals surface area contributed by atoms with E-state index in [0.717, 1.165) is 81.3 Å². The van der Waals surface area contributed by atoms with Gasteiger partial charge < -0.3 is 20.7 Å². The Morgan fingerprint density at radius 2 is 1.84 bits per heavy atom. The van der Waals surface area contributed by atoms with Crippen molar-refractivity contribution < 1.29 is 9.53 Å². The highest BCUT2D eigenvalue weighted by molar-refractivity contribution is 6.33. The molecule has 0 unspecified atom stereocenters. The predicted molar refractivity (Wildman–Crippen MR) is 148 cm³/mol. The van der Waals surface area contributed by atoms with Crippen LogP contribution in [0.5, 0.6) is 5.75 Å². The summed E-state index contributed by atoms with van der Waals surface area (Å²) in [6, 6.07) is 9.78. The molecule has 3 heterocycles. The third-order valence-electron chi connectivity index (χ3n) is 7.70. The van der Waals surface area contributed by atoms with E-state index in [0.29, 0.717) is 35.2 Å². The first-order valence-corrected chi connectivity index (χ1v) is 13.8. The molecule has 37 heavy (non-hydrogen) atoms. The SMILES string of the molecule is CCn1c(=O)n(CCCCN2CCC(NC(=O)c3cc(Cl)c(N)c4c3OCCC4)CC2)c2ccccc21. The Bertz CT molecular complexity index is 1340. The molecule has 0 saturated carbocycles. The van der Waals surface area contributed by atoms with E-state index < -0.39 is 0 Å². The zero-order valence-electron chi connectivity index (χ0n) is 21.5. The van der Waals surface area contributed by atoms with Crippen molar-refractivity contribution in [1.82, 2.24) is 19.4 Å². The molecule has 0 aliphatic carbocycles. The maximum Gasteiger partial charge on any atom is 0.329 e. The summed E-state index contributed by atoms with van der Waals surface area (Å²) in [5.41, 5.74) is 10.1. The summed E-state index contributed by atoms with van der Waals surface area (Å²) in [6.07, 6.45) is 5.44. The topological polar surface area (TPSA) is 94.5 Å². The van der Waals surface area contributed by atoms with Crippen LogP contribution in [0, 0.1) is 0 Å². The molecule has 0 spiro atoms. The number of fused-ring (bicyclic) bond motifs is 2. The van der Waals surface area contributed by atoms with E-state index in [1.165, 1.54) is 0 Å². The number of aromatic nitrogens is 2. The Morgan fingerprint density at radius 3 is 2.57 bits per heavy atom. The molecule has 5 rings (SSSR count). The quantitative estimate of drug-likeness (QED) is 0.341. The summed E-state index contributed by atoms with van der Waals surface area (Å²) in [4.78, 5) is 28.4. The molecular formula is C28H36ClN5O3. The molecule has 1 aromatic heterocycles. The van der Waals surface area contributed by atoms with Gasteiger partial charge in [0.2, 0.25) is 0 Å². The number of halogens is 1. The van der Waals surface area contributed by atoms with Crippen LogP contribution >= 0.6 is 11.6 Å². The zero-order valence-corrected chi connectivity index (χ0v) is 22.2. The summed E-state index contributed by atoms with van der Waals surface area (Å²) in [5, 5.41) is 3.60. The second kappa shape index (κ2) is 11.2. The molecule has 8 nitrogen and oxygen atoms in total. The van der Waals surface area contributed by atoms with Crippen molar-refractivity contribution in [3.63, 3.8) is 0 Å². The number of nitrogens with zero attached hydrogens (tertiary/aromatic N) is 3. The number of likely N-dealkylation sites (tertiary alicyclic amines) is 1. The number of aryl methyl sites for hydroxylation is 2. The summed E-state index contributed by atoms with van der Waals surface area (Å²) in [5.74, 6) is 0.444. The van der Waals surface area contributed by atoms with Crippen molar-refractivity contribution in [2.45, 2.75) is 64.6 Å². The van der Waals surface area contributed by atoms with Gasteiger partial charge in [-0.3, -0.25) is 13.9 Å². The minimum Gasteiger partial charge on any atom is -0.492 e. The lowest BCUT2D eigenvalue weighted by Gasteiger charge is -2.32. The van der Waals surface area contributed by atoms with E-state index in [-0.39, 0.29) is 17.6 Å². The largest absolute Gasteiger partial charge is 0.492 e. The van der Waals surface area contributed by atoms with E-state index in [1.807, 2.05) is 40.3 Å². The fraction of sp³-hybridized carbons (Fsp3) is 0.500. The molecule has 0 bridgehead atoms. The molecule has 2 aliphatic heterocycles. The number of rotatable bonds is 8. The maximum absolute atomic E-state index is 13.1. The van der Waals surface area contributed by atoms with Crippen LogP contribution in [0.3, 0.4) is 0 Å². The third kappa shape index (κ3) is 5.22. The Balaban J connectivity index is 1.10. The van der Waals surface area contributed by atoms with Crippen LogP contribution in [0.25, 0.3) is 11.0 Å². The highest BCUT2D eigenvalue weighted by Gasteiger charge is 2.26. The van der Waals surface area contributed by atoms with Crippen LogP contribution < -0.4 is 21.5 Å². The zero-order chi connectivity index (χ0) is 25.9. The Hall–Kier alpha value is -2.97. The van der Waals surface area contributed by atoms with Gasteiger partial charge in [-0.1, -0.05) is 23.7 Å². The van der Waals surface area contributed by atoms with Gasteiger partial charge >= 0.3 is 5.69 Å². The van der Waals surface area contributed by atoms with Crippen molar-refractivity contribution in [3.05, 3.63) is 57.0 Å². The van der Waals surface area contributed by atoms with E-state index in [1.54, 1.807) is 6.07 Å². The van der Waals surface area contributed by atoms with Gasteiger partial charge in [-0.25, -0.2) is 4.79 Å². The lowest BCUT2D eigenvalue weighted by Crippen LogP contribution is -2.45. The minimum absolute atomic E-state index is 0.0781. The average Bonchev–Trinajstić information content (AvgIpc) is 3.19. The van der Waals surface area contributed by atoms with Crippen LogP contribution in [0.4, 0.5) is 5.69 Å². The fourth-order valence-electron chi connectivity index (χ4n) is 5.67. The molecule has 2 aromatic carbocycles. The molecule has 198 valence electrons. The van der Waals surface area contributed by atoms with Gasteiger partial charge in [0.05, 0.1) is 33.9 Å². The summed E-state index contributed by atoms with van der Waals surface area (Å²) in [6.45, 7) is 6.89. The van der Waals surface area contributed by atoms with Gasteiger partial charge in [0, 0.05) is 37.8 Å². The minimum atomic E-state index is -0.143. The average molecular weight is 526 g/mol. The number of imidazole rings is 1. The number of piperidine rings is 1. The third-order valence-corrected chi connectivity index (χ3v) is 8.02. The van der Waals surface area contributed by atoms with Crippen LogP contribution in [-0.4, -0.2) is 52.2 Å². The number of hydrogen-bond acceptors (Lipinski definition) is 5. The van der Waals surface area contributed by atoms with Crippen molar-refractivity contribution in [1.29, 1.82) is 0 Å². The number of para-hydroxylation sites is 2. The van der Waals surface area contributed by atoms with E-state index in [2.05, 4.69) is 10.2 Å². The fourth-order valence-corrected chi connectivity index (χ4v) is 5.89. The number of unbranched alkanes of at least 4 members (excludes halogenated alkanes) is 1. The van der Waals surface area contributed by atoms with E-state index >= 15 is 0 Å². The standard InChI is InChI=1S/C28H36ClN5O3/c1-2-33-23-9-3-4-10-24(23)34(28(33)36)14-6-5-13-32-15-11-19(12-16-32)31-27(35)21-18-22(29)25(30)20-8-7-17-37-26(20)21/h3-4,9-10,18-19H,2,5-8,11-17,30H2,1H3,(H,31,35). The number of nitrogens with two attached hydrogens (primary N) is 1. The van der Waals surface area contributed by atoms with Crippen molar-refractivity contribution >= 4 is 34.2 Å². The Kier molecular flexibility index (Phi) is 7.76. The number of carbonyl (C=O) groups is 1. The van der Waals surface area contributed by atoms with Crippen LogP contribution in [0.2, 0.25) is 5.02 Å². The monoisotopic (exact) mass is 525 g/mol. The van der Waals surface area contributed by atoms with Crippen molar-refractivity contribution in [3.8, 4) is 5.75 Å². The summed E-state index contributed by atoms with van der Waals surface area (Å²) >= 11 is 6.31. The number of nitrogens with one attached hydrogen (secondary N) is 1. The van der Waals surface area contributed by atoms with E-state index in [9.17, 15) is 9.59 Å². The lowest BCUT2D eigenvalue weighted by molar-refractivity contribution is 0.0905. The van der Waals surface area contributed by atoms with Gasteiger partial charge in [0.1, 0.15) is 5.75 Å². The molecule has 1 amide bonds. The first kappa shape index (κ1) is 25.7. The van der Waals surface area contributed by atoms with Gasteiger partial charge in [-0.15, -0.1) is 0 Å². The molecule has 1 saturated heterocycles. The van der Waals surface area contributed by atoms with Crippen molar-refractivity contribution in [2.24, 2.45) is 0 Å². The molecule has 2 aliphatic rings. The second-order valence-corrected chi connectivity index (χ2v) is 10.5. The predicted octanol–water partition coefficient (Wildman–Crippen LogP) is 4.06. The second-order valence-electron chi connectivity index (χ2n) is 10.0. The van der Waals surface area contributed by atoms with Crippen LogP contribution in [0.15, 0.2) is 35.1 Å². The summed E-state index contributed by atoms with van der Waals surface area (Å²) in [7, 11) is 0. The first-order valence-electron chi connectivity index (χ1n) is 13.4.